The van der Waals surface area contributed by atoms with Crippen LogP contribution in [0.4, 0.5) is 0 Å². The van der Waals surface area contributed by atoms with Gasteiger partial charge in [0.05, 0.1) is 0 Å². The van der Waals surface area contributed by atoms with Crippen molar-refractivity contribution in [3.8, 4) is 0 Å². The van der Waals surface area contributed by atoms with E-state index in [0.717, 1.165) is 19.3 Å². The summed E-state index contributed by atoms with van der Waals surface area (Å²) >= 11 is 0. The molecule has 4 N–H and O–H groups in total. The van der Waals surface area contributed by atoms with E-state index < -0.39 is 20.6 Å². The molecule has 24 heavy (non-hydrogen) atoms. The van der Waals surface area contributed by atoms with E-state index in [2.05, 4.69) is 6.92 Å². The number of rotatable bonds is 15. The monoisotopic (exact) mass is 387 g/mol. The largest absolute Gasteiger partial charge is 0.342 e. The third-order valence-electron chi connectivity index (χ3n) is 4.14. The van der Waals surface area contributed by atoms with Gasteiger partial charge in [-0.25, -0.2) is 0 Å². The maximum atomic E-state index is 11.2. The summed E-state index contributed by atoms with van der Waals surface area (Å²) in [5, 5.41) is -1.93. The van der Waals surface area contributed by atoms with Crippen LogP contribution in [-0.4, -0.2) is 50.0 Å². The first-order valence-electron chi connectivity index (χ1n) is 8.88. The first-order valence-corrected chi connectivity index (χ1v) is 12.2. The fourth-order valence-corrected chi connectivity index (χ4v) is 5.20. The van der Waals surface area contributed by atoms with Gasteiger partial charge in [-0.05, 0) is 20.0 Å². The molecule has 0 radical (unpaired) electrons. The standard InChI is InChI=1S/C15H35NO6P2/c1-3-4-5-6-7-8-9-10-11-12-13-16(2)14-15(23(17,18)19)24(20,21)22/h15H,3-14H2,1-2H3,(H2,17,18,19)(H2,20,21,22). The lowest BCUT2D eigenvalue weighted by molar-refractivity contribution is 0.289. The molecular weight excluding hydrogens is 352 g/mol. The Morgan fingerprint density at radius 1 is 0.750 bits per heavy atom. The van der Waals surface area contributed by atoms with E-state index in [9.17, 15) is 9.13 Å². The highest BCUT2D eigenvalue weighted by molar-refractivity contribution is 7.70. The van der Waals surface area contributed by atoms with Crippen LogP contribution in [0.3, 0.4) is 0 Å². The first-order chi connectivity index (χ1) is 11.1. The van der Waals surface area contributed by atoms with E-state index >= 15 is 0 Å². The number of hydrogen-bond donors (Lipinski definition) is 4. The Hall–Kier alpha value is 0.260. The molecule has 146 valence electrons. The molecular formula is C15H35NO6P2. The van der Waals surface area contributed by atoms with Gasteiger partial charge in [-0.2, -0.15) is 0 Å². The molecule has 0 aromatic heterocycles. The summed E-state index contributed by atoms with van der Waals surface area (Å²) in [6.45, 7) is 2.48. The minimum atomic E-state index is -4.82. The van der Waals surface area contributed by atoms with Crippen LogP contribution in [0.5, 0.6) is 0 Å². The van der Waals surface area contributed by atoms with Crippen molar-refractivity contribution < 1.29 is 28.7 Å². The Kier molecular flexibility index (Phi) is 12.7. The van der Waals surface area contributed by atoms with Gasteiger partial charge in [-0.15, -0.1) is 0 Å². The minimum absolute atomic E-state index is 0.300. The maximum absolute atomic E-state index is 11.2. The van der Waals surface area contributed by atoms with Crippen LogP contribution >= 0.6 is 15.2 Å². The zero-order valence-corrected chi connectivity index (χ0v) is 16.8. The zero-order chi connectivity index (χ0) is 18.6. The highest BCUT2D eigenvalue weighted by Gasteiger charge is 2.43. The lowest BCUT2D eigenvalue weighted by Crippen LogP contribution is -2.30. The summed E-state index contributed by atoms with van der Waals surface area (Å²) < 4.78 is 22.5. The van der Waals surface area contributed by atoms with Crippen molar-refractivity contribution in [3.63, 3.8) is 0 Å². The average Bonchev–Trinajstić information content (AvgIpc) is 2.44. The van der Waals surface area contributed by atoms with Crippen LogP contribution in [0.15, 0.2) is 0 Å². The van der Waals surface area contributed by atoms with Crippen LogP contribution in [0.25, 0.3) is 0 Å². The smallest absolute Gasteiger partial charge is 0.324 e. The van der Waals surface area contributed by atoms with Crippen LogP contribution in [0.2, 0.25) is 0 Å². The second kappa shape index (κ2) is 12.6. The Balaban J connectivity index is 3.81. The highest BCUT2D eigenvalue weighted by atomic mass is 31.2. The molecule has 0 rings (SSSR count). The Morgan fingerprint density at radius 3 is 1.50 bits per heavy atom. The molecule has 0 aromatic carbocycles. The third kappa shape index (κ3) is 12.6. The van der Waals surface area contributed by atoms with Gasteiger partial charge in [-0.3, -0.25) is 9.13 Å². The number of unbranched alkanes of at least 4 members (excludes halogenated alkanes) is 9. The molecule has 9 heteroatoms. The third-order valence-corrected chi connectivity index (χ3v) is 7.83. The van der Waals surface area contributed by atoms with Crippen LogP contribution in [0, 0.1) is 0 Å². The van der Waals surface area contributed by atoms with E-state index in [1.165, 1.54) is 44.9 Å². The highest BCUT2D eigenvalue weighted by Crippen LogP contribution is 2.59. The van der Waals surface area contributed by atoms with Crippen molar-refractivity contribution in [3.05, 3.63) is 0 Å². The van der Waals surface area contributed by atoms with E-state index in [0.29, 0.717) is 6.54 Å². The molecule has 0 aliphatic carbocycles. The Bertz CT molecular complexity index is 387. The second-order valence-electron chi connectivity index (χ2n) is 6.60. The van der Waals surface area contributed by atoms with Crippen molar-refractivity contribution in [1.29, 1.82) is 0 Å². The quantitative estimate of drug-likeness (QED) is 0.251. The molecule has 7 nitrogen and oxygen atoms in total. The van der Waals surface area contributed by atoms with Gasteiger partial charge in [0.25, 0.3) is 0 Å². The molecule has 0 amide bonds. The molecule has 0 spiro atoms. The first kappa shape index (κ1) is 24.3. The zero-order valence-electron chi connectivity index (χ0n) is 15.0. The van der Waals surface area contributed by atoms with Gasteiger partial charge in [0.15, 0.2) is 5.40 Å². The molecule has 0 atom stereocenters. The summed E-state index contributed by atoms with van der Waals surface area (Å²) in [6.07, 6.45) is 12.0. The van der Waals surface area contributed by atoms with Crippen LogP contribution in [-0.2, 0) is 9.13 Å². The molecule has 0 fully saturated rings. The van der Waals surface area contributed by atoms with Gasteiger partial charge >= 0.3 is 15.2 Å². The molecule has 0 aliphatic rings. The van der Waals surface area contributed by atoms with Gasteiger partial charge in [-0.1, -0.05) is 64.7 Å². The fourth-order valence-electron chi connectivity index (χ4n) is 2.65. The Labute approximate surface area is 146 Å². The predicted octanol–water partition coefficient (Wildman–Crippen LogP) is 3.52. The minimum Gasteiger partial charge on any atom is -0.324 e. The summed E-state index contributed by atoms with van der Waals surface area (Å²) in [6, 6.07) is 0. The molecule has 0 unspecified atom stereocenters. The normalized spacial score (nSPS) is 13.2. The van der Waals surface area contributed by atoms with E-state index in [1.54, 1.807) is 11.9 Å². The van der Waals surface area contributed by atoms with Gasteiger partial charge < -0.3 is 24.5 Å². The maximum Gasteiger partial charge on any atom is 0.342 e. The van der Waals surface area contributed by atoms with Crippen LogP contribution in [0.1, 0.15) is 71.1 Å². The fraction of sp³-hybridized carbons (Fsp3) is 1.00. The van der Waals surface area contributed by atoms with E-state index in [4.69, 9.17) is 19.6 Å². The van der Waals surface area contributed by atoms with Crippen molar-refractivity contribution in [2.45, 2.75) is 76.5 Å². The molecule has 0 heterocycles. The van der Waals surface area contributed by atoms with E-state index in [-0.39, 0.29) is 6.54 Å². The van der Waals surface area contributed by atoms with Crippen molar-refractivity contribution in [1.82, 2.24) is 4.90 Å². The molecule has 0 aliphatic heterocycles. The molecule has 0 saturated heterocycles. The lowest BCUT2D eigenvalue weighted by Gasteiger charge is -2.25. The summed E-state index contributed by atoms with van der Waals surface area (Å²) in [7, 11) is -8.01. The van der Waals surface area contributed by atoms with Crippen LogP contribution < -0.4 is 0 Å². The summed E-state index contributed by atoms with van der Waals surface area (Å²) in [4.78, 5) is 38.0. The van der Waals surface area contributed by atoms with E-state index in [1.807, 2.05) is 0 Å². The predicted molar refractivity (Wildman–Crippen MR) is 97.2 cm³/mol. The van der Waals surface area contributed by atoms with Crippen molar-refractivity contribution in [2.24, 2.45) is 0 Å². The topological polar surface area (TPSA) is 118 Å². The van der Waals surface area contributed by atoms with Gasteiger partial charge in [0, 0.05) is 6.54 Å². The van der Waals surface area contributed by atoms with Gasteiger partial charge in [0.1, 0.15) is 0 Å². The average molecular weight is 387 g/mol. The second-order valence-corrected chi connectivity index (χ2v) is 10.6. The summed E-state index contributed by atoms with van der Waals surface area (Å²) in [5.74, 6) is 0. The molecule has 0 saturated carbocycles. The van der Waals surface area contributed by atoms with Gasteiger partial charge in [0.2, 0.25) is 0 Å². The summed E-state index contributed by atoms with van der Waals surface area (Å²) in [5.41, 5.74) is 0. The lowest BCUT2D eigenvalue weighted by atomic mass is 10.1. The number of nitrogens with zero attached hydrogens (tertiary/aromatic N) is 1. The number of hydrogen-bond acceptors (Lipinski definition) is 3. The molecule has 0 bridgehead atoms. The van der Waals surface area contributed by atoms with Crippen molar-refractivity contribution in [2.75, 3.05) is 20.1 Å². The van der Waals surface area contributed by atoms with Crippen molar-refractivity contribution >= 4 is 15.2 Å². The Morgan fingerprint density at radius 2 is 1.12 bits per heavy atom. The molecule has 0 aromatic rings. The SMILES string of the molecule is CCCCCCCCCCCCN(C)CC(P(=O)(O)O)P(=O)(O)O.